The first-order valence-electron chi connectivity index (χ1n) is 17.1. The van der Waals surface area contributed by atoms with E-state index in [1.165, 1.54) is 12.8 Å². The predicted molar refractivity (Wildman–Crippen MR) is 175 cm³/mol. The molecule has 2 heterocycles. The average Bonchev–Trinajstić information content (AvgIpc) is 3.25. The van der Waals surface area contributed by atoms with Crippen LogP contribution in [-0.4, -0.2) is 52.1 Å². The Balaban J connectivity index is 1.53. The van der Waals surface area contributed by atoms with Gasteiger partial charge in [-0.3, -0.25) is 4.79 Å². The third kappa shape index (κ3) is 10.3. The summed E-state index contributed by atoms with van der Waals surface area (Å²) in [5.74, 6) is 0.981. The van der Waals surface area contributed by atoms with Crippen LogP contribution in [-0.2, 0) is 30.2 Å². The molecule has 0 amide bonds. The lowest BCUT2D eigenvalue weighted by Crippen LogP contribution is -2.43. The number of carbonyl (C=O) groups is 1. The first-order chi connectivity index (χ1) is 20.6. The van der Waals surface area contributed by atoms with Crippen molar-refractivity contribution >= 4 is 14.1 Å². The molecule has 0 spiro atoms. The van der Waals surface area contributed by atoms with E-state index in [4.69, 9.17) is 23.4 Å². The minimum absolute atomic E-state index is 0.0288. The molecule has 6 nitrogen and oxygen atoms in total. The van der Waals surface area contributed by atoms with E-state index in [1.54, 1.807) is 0 Å². The molecule has 3 fully saturated rings. The van der Waals surface area contributed by atoms with E-state index in [-0.39, 0.29) is 47.4 Å². The second-order valence-corrected chi connectivity index (χ2v) is 19.1. The molecule has 2 aliphatic heterocycles. The first kappa shape index (κ1) is 34.4. The van der Waals surface area contributed by atoms with E-state index in [1.807, 2.05) is 0 Å². The molecular weight excluding hydrogens is 556 g/mol. The Hall–Kier alpha value is -1.51. The summed E-state index contributed by atoms with van der Waals surface area (Å²) in [6, 6.07) is 8.38. The van der Waals surface area contributed by atoms with Gasteiger partial charge < -0.3 is 23.4 Å². The molecule has 1 aromatic carbocycles. The van der Waals surface area contributed by atoms with Crippen molar-refractivity contribution in [1.29, 1.82) is 0 Å². The molecule has 0 bridgehead atoms. The van der Waals surface area contributed by atoms with Crippen LogP contribution < -0.4 is 4.43 Å². The van der Waals surface area contributed by atoms with Crippen molar-refractivity contribution in [2.75, 3.05) is 13.2 Å². The average molecular weight is 615 g/mol. The summed E-state index contributed by atoms with van der Waals surface area (Å²) >= 11 is 0. The molecule has 242 valence electrons. The zero-order chi connectivity index (χ0) is 30.9. The molecule has 0 aromatic heterocycles. The van der Waals surface area contributed by atoms with Gasteiger partial charge in [0.2, 0.25) is 8.32 Å². The van der Waals surface area contributed by atoms with Gasteiger partial charge in [-0.05, 0) is 87.2 Å². The maximum Gasteiger partial charge on any atom is 0.250 e. The van der Waals surface area contributed by atoms with E-state index in [0.717, 1.165) is 75.9 Å². The van der Waals surface area contributed by atoms with Crippen LogP contribution in [0.4, 0.5) is 0 Å². The Morgan fingerprint density at radius 2 is 1.74 bits per heavy atom. The van der Waals surface area contributed by atoms with Crippen molar-refractivity contribution in [3.63, 3.8) is 0 Å². The highest BCUT2D eigenvalue weighted by molar-refractivity contribution is 6.74. The largest absolute Gasteiger partial charge is 0.543 e. The van der Waals surface area contributed by atoms with Gasteiger partial charge in [0.05, 0.1) is 12.2 Å². The van der Waals surface area contributed by atoms with E-state index < -0.39 is 8.32 Å². The fraction of sp³-hybridized carbons (Fsp3) is 0.750. The third-order valence-electron chi connectivity index (χ3n) is 9.81. The van der Waals surface area contributed by atoms with Gasteiger partial charge in [0.25, 0.3) is 0 Å². The quantitative estimate of drug-likeness (QED) is 0.119. The molecule has 1 aliphatic carbocycles. The highest BCUT2D eigenvalue weighted by Gasteiger charge is 2.43. The zero-order valence-electron chi connectivity index (χ0n) is 27.8. The first-order valence-corrected chi connectivity index (χ1v) is 20.0. The number of rotatable bonds is 14. The van der Waals surface area contributed by atoms with Crippen LogP contribution in [0.1, 0.15) is 104 Å². The normalized spacial score (nSPS) is 28.0. The van der Waals surface area contributed by atoms with Crippen molar-refractivity contribution in [1.82, 2.24) is 0 Å². The fourth-order valence-electron chi connectivity index (χ4n) is 6.13. The van der Waals surface area contributed by atoms with E-state index in [9.17, 15) is 4.79 Å². The second kappa shape index (κ2) is 16.2. The molecule has 1 saturated carbocycles. The Bertz CT molecular complexity index is 1020. The third-order valence-corrected chi connectivity index (χ3v) is 14.2. The molecule has 3 aliphatic rings. The summed E-state index contributed by atoms with van der Waals surface area (Å²) in [6.45, 7) is 15.0. The number of ether oxygens (including phenoxy) is 4. The Labute approximate surface area is 262 Å². The molecule has 43 heavy (non-hydrogen) atoms. The summed E-state index contributed by atoms with van der Waals surface area (Å²) in [4.78, 5) is 13.6. The molecule has 1 aromatic rings. The smallest absolute Gasteiger partial charge is 0.250 e. The molecule has 4 rings (SSSR count). The van der Waals surface area contributed by atoms with Crippen molar-refractivity contribution in [2.45, 2.75) is 148 Å². The van der Waals surface area contributed by atoms with Crippen molar-refractivity contribution in [3.05, 3.63) is 42.0 Å². The molecule has 2 unspecified atom stereocenters. The number of benzene rings is 1. The summed E-state index contributed by atoms with van der Waals surface area (Å²) < 4.78 is 31.5. The molecule has 0 N–H and O–H groups in total. The summed E-state index contributed by atoms with van der Waals surface area (Å²) in [6.07, 6.45) is 15.6. The highest BCUT2D eigenvalue weighted by atomic mass is 28.4. The number of ketones is 1. The van der Waals surface area contributed by atoms with Crippen LogP contribution in [0.5, 0.6) is 5.75 Å². The van der Waals surface area contributed by atoms with Crippen LogP contribution in [0, 0.1) is 11.8 Å². The lowest BCUT2D eigenvalue weighted by atomic mass is 9.87. The van der Waals surface area contributed by atoms with Crippen LogP contribution in [0.25, 0.3) is 0 Å². The molecular formula is C36H58O6Si. The summed E-state index contributed by atoms with van der Waals surface area (Å²) in [5.41, 5.74) is 1.13. The fourth-order valence-corrected chi connectivity index (χ4v) is 7.15. The van der Waals surface area contributed by atoms with Gasteiger partial charge in [0.1, 0.15) is 11.5 Å². The minimum Gasteiger partial charge on any atom is -0.543 e. The number of unbranched alkanes of at least 4 members (excludes halogenated alkanes) is 2. The maximum atomic E-state index is 13.6. The SMILES string of the molecule is CCCCC[C@@H](/C=C/[C@H]1[C@H](OC2CCCCO2)CC(=O)[C@@H]1Cc1cccc(O[Si](C)(C)C(C)(C)C)c1)OC1CCCCO1. The number of Topliss-reactive ketones (excluding diaryl/α,β-unsaturated/α-hetero) is 1. The summed E-state index contributed by atoms with van der Waals surface area (Å²) in [5, 5.41) is 0.116. The van der Waals surface area contributed by atoms with Crippen molar-refractivity contribution in [3.8, 4) is 5.75 Å². The Morgan fingerprint density at radius 3 is 2.40 bits per heavy atom. The van der Waals surface area contributed by atoms with Gasteiger partial charge in [-0.1, -0.05) is 71.2 Å². The van der Waals surface area contributed by atoms with Crippen LogP contribution in [0.3, 0.4) is 0 Å². The van der Waals surface area contributed by atoms with Gasteiger partial charge in [-0.25, -0.2) is 0 Å². The number of hydrogen-bond donors (Lipinski definition) is 0. The molecule has 7 heteroatoms. The number of carbonyl (C=O) groups excluding carboxylic acids is 1. The zero-order valence-corrected chi connectivity index (χ0v) is 28.8. The molecule has 0 radical (unpaired) electrons. The van der Waals surface area contributed by atoms with Gasteiger partial charge >= 0.3 is 0 Å². The monoisotopic (exact) mass is 614 g/mol. The maximum absolute atomic E-state index is 13.6. The standard InChI is InChI=1S/C36H58O6Si/c1-7-8-9-16-28(40-34-18-10-12-22-38-34)20-21-30-31(32(37)26-33(30)41-35-19-11-13-23-39-35)25-27-15-14-17-29(24-27)42-43(5,6)36(2,3)4/h14-15,17,20-21,24,28,30-31,33-35H,7-13,16,18-19,22-23,25-26H2,1-6H3/b21-20+/t28-,30+,31+,33+,34?,35?/m0/s1. The highest BCUT2D eigenvalue weighted by Crippen LogP contribution is 2.39. The van der Waals surface area contributed by atoms with Gasteiger partial charge in [-0.15, -0.1) is 0 Å². The lowest BCUT2D eigenvalue weighted by molar-refractivity contribution is -0.192. The Morgan fingerprint density at radius 1 is 1.02 bits per heavy atom. The Kier molecular flexibility index (Phi) is 12.9. The van der Waals surface area contributed by atoms with Crippen molar-refractivity contribution < 1.29 is 28.2 Å². The second-order valence-electron chi connectivity index (χ2n) is 14.4. The number of hydrogen-bond acceptors (Lipinski definition) is 6. The molecule has 2 saturated heterocycles. The van der Waals surface area contributed by atoms with E-state index in [2.05, 4.69) is 77.2 Å². The van der Waals surface area contributed by atoms with Gasteiger partial charge in [0.15, 0.2) is 12.6 Å². The van der Waals surface area contributed by atoms with E-state index >= 15 is 0 Å². The van der Waals surface area contributed by atoms with Crippen LogP contribution in [0.2, 0.25) is 18.1 Å². The van der Waals surface area contributed by atoms with Crippen LogP contribution >= 0.6 is 0 Å². The predicted octanol–water partition coefficient (Wildman–Crippen LogP) is 8.78. The van der Waals surface area contributed by atoms with Gasteiger partial charge in [0, 0.05) is 31.5 Å². The van der Waals surface area contributed by atoms with E-state index in [0.29, 0.717) is 12.8 Å². The topological polar surface area (TPSA) is 63.2 Å². The minimum atomic E-state index is -1.97. The van der Waals surface area contributed by atoms with Gasteiger partial charge in [-0.2, -0.15) is 0 Å². The lowest BCUT2D eigenvalue weighted by Gasteiger charge is -2.36. The van der Waals surface area contributed by atoms with Crippen molar-refractivity contribution in [2.24, 2.45) is 11.8 Å². The molecule has 6 atom stereocenters. The summed E-state index contributed by atoms with van der Waals surface area (Å²) in [7, 11) is -1.97. The van der Waals surface area contributed by atoms with Crippen LogP contribution in [0.15, 0.2) is 36.4 Å².